The van der Waals surface area contributed by atoms with Crippen molar-refractivity contribution in [2.24, 2.45) is 5.41 Å². The number of hydrogen-bond acceptors (Lipinski definition) is 6. The SMILES string of the molecule is CC(C)(C)OC(=O)N1CCC2(CC1)C(=O)N(C1=CC(=O)OC1)CC2O. The molecule has 0 aromatic heterocycles. The first-order chi connectivity index (χ1) is 11.6. The summed E-state index contributed by atoms with van der Waals surface area (Å²) in [6, 6.07) is 0. The fraction of sp³-hybridized carbons (Fsp3) is 0.706. The van der Waals surface area contributed by atoms with Crippen molar-refractivity contribution in [3.63, 3.8) is 0 Å². The topological polar surface area (TPSA) is 96.4 Å². The maximum Gasteiger partial charge on any atom is 0.410 e. The van der Waals surface area contributed by atoms with Crippen molar-refractivity contribution in [3.8, 4) is 0 Å². The first-order valence-corrected chi connectivity index (χ1v) is 8.48. The maximum absolute atomic E-state index is 12.9. The van der Waals surface area contributed by atoms with Crippen molar-refractivity contribution in [1.82, 2.24) is 9.80 Å². The number of ether oxygens (including phenoxy) is 2. The quantitative estimate of drug-likeness (QED) is 0.696. The highest BCUT2D eigenvalue weighted by Crippen LogP contribution is 2.43. The molecule has 0 bridgehead atoms. The highest BCUT2D eigenvalue weighted by molar-refractivity contribution is 5.91. The molecule has 1 atom stereocenters. The summed E-state index contributed by atoms with van der Waals surface area (Å²) >= 11 is 0. The second kappa shape index (κ2) is 6.01. The summed E-state index contributed by atoms with van der Waals surface area (Å²) in [5.41, 5.74) is -1.00. The zero-order valence-corrected chi connectivity index (χ0v) is 14.8. The lowest BCUT2D eigenvalue weighted by Gasteiger charge is -2.39. The summed E-state index contributed by atoms with van der Waals surface area (Å²) in [5, 5.41) is 10.5. The van der Waals surface area contributed by atoms with Crippen LogP contribution in [0.1, 0.15) is 33.6 Å². The van der Waals surface area contributed by atoms with Gasteiger partial charge in [-0.05, 0) is 33.6 Å². The lowest BCUT2D eigenvalue weighted by atomic mass is 9.75. The molecule has 8 heteroatoms. The molecule has 1 spiro atoms. The Labute approximate surface area is 146 Å². The second-order valence-corrected chi connectivity index (χ2v) is 7.80. The number of carbonyl (C=O) groups excluding carboxylic acids is 3. The lowest BCUT2D eigenvalue weighted by molar-refractivity contribution is -0.140. The summed E-state index contributed by atoms with van der Waals surface area (Å²) in [7, 11) is 0. The summed E-state index contributed by atoms with van der Waals surface area (Å²) in [6.45, 7) is 6.30. The molecule has 2 saturated heterocycles. The monoisotopic (exact) mass is 352 g/mol. The third-order valence-electron chi connectivity index (χ3n) is 4.97. The summed E-state index contributed by atoms with van der Waals surface area (Å²) in [4.78, 5) is 39.3. The molecular weight excluding hydrogens is 328 g/mol. The van der Waals surface area contributed by atoms with Gasteiger partial charge in [0.2, 0.25) is 5.91 Å². The largest absolute Gasteiger partial charge is 0.456 e. The molecule has 3 aliphatic rings. The van der Waals surface area contributed by atoms with Crippen LogP contribution in [0.4, 0.5) is 4.79 Å². The molecule has 25 heavy (non-hydrogen) atoms. The molecular formula is C17H24N2O6. The van der Waals surface area contributed by atoms with Crippen molar-refractivity contribution in [2.75, 3.05) is 26.2 Å². The molecule has 3 heterocycles. The van der Waals surface area contributed by atoms with Crippen LogP contribution < -0.4 is 0 Å². The lowest BCUT2D eigenvalue weighted by Crippen LogP contribution is -2.50. The van der Waals surface area contributed by atoms with E-state index in [9.17, 15) is 19.5 Å². The Morgan fingerprint density at radius 2 is 1.96 bits per heavy atom. The van der Waals surface area contributed by atoms with Gasteiger partial charge in [0.25, 0.3) is 0 Å². The number of amides is 2. The normalized spacial score (nSPS) is 26.1. The maximum atomic E-state index is 12.9. The van der Waals surface area contributed by atoms with E-state index < -0.39 is 29.2 Å². The summed E-state index contributed by atoms with van der Waals surface area (Å²) in [5.74, 6) is -0.675. The minimum atomic E-state index is -0.912. The predicted octanol–water partition coefficient (Wildman–Crippen LogP) is 0.647. The number of hydrogen-bond donors (Lipinski definition) is 1. The molecule has 8 nitrogen and oxygen atoms in total. The van der Waals surface area contributed by atoms with E-state index in [1.807, 2.05) is 0 Å². The Morgan fingerprint density at radius 3 is 2.48 bits per heavy atom. The van der Waals surface area contributed by atoms with Crippen LogP contribution in [0.25, 0.3) is 0 Å². The van der Waals surface area contributed by atoms with Gasteiger partial charge in [-0.15, -0.1) is 0 Å². The molecule has 0 aromatic rings. The van der Waals surface area contributed by atoms with Crippen LogP contribution >= 0.6 is 0 Å². The second-order valence-electron chi connectivity index (χ2n) is 7.80. The third-order valence-corrected chi connectivity index (χ3v) is 4.97. The standard InChI is InChI=1S/C17H24N2O6/c1-16(2,3)25-15(23)18-6-4-17(5-7-18)12(20)9-19(14(17)22)11-8-13(21)24-10-11/h8,12,20H,4-7,9-10H2,1-3H3. The van der Waals surface area contributed by atoms with E-state index in [4.69, 9.17) is 9.47 Å². The highest BCUT2D eigenvalue weighted by atomic mass is 16.6. The molecule has 0 aromatic carbocycles. The minimum Gasteiger partial charge on any atom is -0.456 e. The fourth-order valence-corrected chi connectivity index (χ4v) is 3.57. The number of esters is 1. The number of aliphatic hydroxyl groups excluding tert-OH is 1. The summed E-state index contributed by atoms with van der Waals surface area (Å²) < 4.78 is 10.2. The molecule has 1 N–H and O–H groups in total. The Hall–Kier alpha value is -2.09. The van der Waals surface area contributed by atoms with E-state index in [1.165, 1.54) is 11.0 Å². The number of β-amino-alcohol motifs (C(OH)–C–C–N with tert-alkyl or cyclic N) is 1. The molecule has 138 valence electrons. The Balaban J connectivity index is 1.68. The smallest absolute Gasteiger partial charge is 0.410 e. The molecule has 3 aliphatic heterocycles. The molecule has 0 radical (unpaired) electrons. The van der Waals surface area contributed by atoms with Crippen molar-refractivity contribution in [3.05, 3.63) is 11.8 Å². The molecule has 1 unspecified atom stereocenters. The zero-order valence-electron chi connectivity index (χ0n) is 14.8. The van der Waals surface area contributed by atoms with Gasteiger partial charge < -0.3 is 24.4 Å². The fourth-order valence-electron chi connectivity index (χ4n) is 3.57. The Bertz CT molecular complexity index is 628. The zero-order chi connectivity index (χ0) is 18.4. The number of carbonyl (C=O) groups is 3. The van der Waals surface area contributed by atoms with Gasteiger partial charge >= 0.3 is 12.1 Å². The van der Waals surface area contributed by atoms with Gasteiger partial charge in [0.15, 0.2) is 0 Å². The average molecular weight is 352 g/mol. The molecule has 2 fully saturated rings. The van der Waals surface area contributed by atoms with Gasteiger partial charge in [-0.3, -0.25) is 4.79 Å². The van der Waals surface area contributed by atoms with Crippen LogP contribution in [0.3, 0.4) is 0 Å². The minimum absolute atomic E-state index is 0.0530. The van der Waals surface area contributed by atoms with E-state index >= 15 is 0 Å². The Kier molecular flexibility index (Phi) is 4.26. The van der Waals surface area contributed by atoms with Crippen LogP contribution in [-0.2, 0) is 19.1 Å². The number of likely N-dealkylation sites (tertiary alicyclic amines) is 2. The van der Waals surface area contributed by atoms with Gasteiger partial charge in [0, 0.05) is 19.2 Å². The van der Waals surface area contributed by atoms with Crippen LogP contribution in [-0.4, -0.2) is 70.8 Å². The molecule has 0 saturated carbocycles. The first kappa shape index (κ1) is 17.7. The van der Waals surface area contributed by atoms with E-state index in [2.05, 4.69) is 0 Å². The van der Waals surface area contributed by atoms with Crippen LogP contribution in [0, 0.1) is 5.41 Å². The molecule has 3 rings (SSSR count). The van der Waals surface area contributed by atoms with Gasteiger partial charge in [-0.2, -0.15) is 0 Å². The molecule has 0 aliphatic carbocycles. The third kappa shape index (κ3) is 3.22. The summed E-state index contributed by atoms with van der Waals surface area (Å²) in [6.07, 6.45) is 0.781. The van der Waals surface area contributed by atoms with E-state index in [1.54, 1.807) is 25.7 Å². The van der Waals surface area contributed by atoms with Crippen LogP contribution in [0.5, 0.6) is 0 Å². The number of aliphatic hydroxyl groups is 1. The van der Waals surface area contributed by atoms with Crippen molar-refractivity contribution < 1.29 is 29.0 Å². The van der Waals surface area contributed by atoms with Gasteiger partial charge in [-0.25, -0.2) is 9.59 Å². The number of rotatable bonds is 1. The van der Waals surface area contributed by atoms with Gasteiger partial charge in [0.1, 0.15) is 12.2 Å². The molecule has 2 amide bonds. The van der Waals surface area contributed by atoms with Gasteiger partial charge in [0.05, 0.1) is 23.8 Å². The Morgan fingerprint density at radius 1 is 1.32 bits per heavy atom. The van der Waals surface area contributed by atoms with Gasteiger partial charge in [-0.1, -0.05) is 0 Å². The first-order valence-electron chi connectivity index (χ1n) is 8.48. The number of cyclic esters (lactones) is 1. The van der Waals surface area contributed by atoms with E-state index in [0.717, 1.165) is 0 Å². The van der Waals surface area contributed by atoms with E-state index in [0.29, 0.717) is 31.6 Å². The van der Waals surface area contributed by atoms with Crippen LogP contribution in [0.15, 0.2) is 11.8 Å². The van der Waals surface area contributed by atoms with Crippen LogP contribution in [0.2, 0.25) is 0 Å². The average Bonchev–Trinajstić information content (AvgIpc) is 3.04. The van der Waals surface area contributed by atoms with Crippen molar-refractivity contribution in [2.45, 2.75) is 45.3 Å². The van der Waals surface area contributed by atoms with E-state index in [-0.39, 0.29) is 19.1 Å². The van der Waals surface area contributed by atoms with Crippen molar-refractivity contribution >= 4 is 18.0 Å². The predicted molar refractivity (Wildman–Crippen MR) is 86.2 cm³/mol. The number of nitrogens with zero attached hydrogens (tertiary/aromatic N) is 2. The van der Waals surface area contributed by atoms with Crippen molar-refractivity contribution in [1.29, 1.82) is 0 Å². The number of piperidine rings is 1. The highest BCUT2D eigenvalue weighted by Gasteiger charge is 2.56.